The largest absolute Gasteiger partial charge is 0.379 e. The maximum atomic E-state index is 12.9. The first-order valence-corrected chi connectivity index (χ1v) is 22.3. The first-order chi connectivity index (χ1) is 27.0. The van der Waals surface area contributed by atoms with Crippen molar-refractivity contribution in [1.29, 1.82) is 0 Å². The molecule has 9 nitrogen and oxygen atoms in total. The summed E-state index contributed by atoms with van der Waals surface area (Å²) >= 11 is 0. The lowest BCUT2D eigenvalue weighted by Gasteiger charge is -2.47. The topological polar surface area (TPSA) is 91.8 Å². The molecule has 0 radical (unpaired) electrons. The van der Waals surface area contributed by atoms with Gasteiger partial charge in [0.2, 0.25) is 5.91 Å². The number of amides is 1. The molecule has 4 heterocycles. The molecule has 2 saturated carbocycles. The Bertz CT molecular complexity index is 1470. The summed E-state index contributed by atoms with van der Waals surface area (Å²) in [5, 5.41) is 6.68. The van der Waals surface area contributed by atoms with Crippen LogP contribution in [-0.2, 0) is 27.4 Å². The van der Waals surface area contributed by atoms with Crippen molar-refractivity contribution in [3.8, 4) is 0 Å². The zero-order valence-electron chi connectivity index (χ0n) is 37.5. The third kappa shape index (κ3) is 12.8. The molecule has 2 N–H and O–H groups in total. The molecule has 0 bridgehead atoms. The number of aromatic nitrogens is 2. The lowest BCUT2D eigenvalue weighted by molar-refractivity contribution is -0.125. The number of nitrogens with one attached hydrogen (secondary N) is 2. The van der Waals surface area contributed by atoms with Gasteiger partial charge in [-0.3, -0.25) is 14.6 Å². The molecule has 316 valence electrons. The molecule has 2 aliphatic carbocycles. The van der Waals surface area contributed by atoms with E-state index in [1.807, 2.05) is 33.9 Å². The average molecular weight is 777 g/mol. The van der Waals surface area contributed by atoms with Crippen LogP contribution in [0.5, 0.6) is 0 Å². The number of morpholine rings is 2. The predicted octanol–water partition coefficient (Wildman–Crippen LogP) is 10.8. The summed E-state index contributed by atoms with van der Waals surface area (Å²) in [5.41, 5.74) is 6.45. The number of hydrogen-bond acceptors (Lipinski definition) is 8. The summed E-state index contributed by atoms with van der Waals surface area (Å²) in [5.74, 6) is 3.49. The van der Waals surface area contributed by atoms with Gasteiger partial charge in [0.05, 0.1) is 26.4 Å². The van der Waals surface area contributed by atoms with Crippen molar-refractivity contribution in [2.45, 2.75) is 152 Å². The second kappa shape index (κ2) is 23.5. The Kier molecular flexibility index (Phi) is 20.0. The smallest absolute Gasteiger partial charge is 0.231 e. The number of ether oxygens (including phenoxy) is 2. The maximum Gasteiger partial charge on any atom is 0.231 e. The Morgan fingerprint density at radius 2 is 1.16 bits per heavy atom. The summed E-state index contributed by atoms with van der Waals surface area (Å²) in [6.45, 7) is 37.0. The molecule has 0 unspecified atom stereocenters. The molecule has 4 fully saturated rings. The lowest BCUT2D eigenvalue weighted by atomic mass is 9.59. The van der Waals surface area contributed by atoms with Crippen molar-refractivity contribution in [2.75, 3.05) is 63.2 Å². The summed E-state index contributed by atoms with van der Waals surface area (Å²) < 4.78 is 11.0. The van der Waals surface area contributed by atoms with Crippen LogP contribution in [0.25, 0.3) is 0 Å². The van der Waals surface area contributed by atoms with E-state index in [9.17, 15) is 4.79 Å². The number of carbonyl (C=O) groups excluding carboxylic acids is 1. The fourth-order valence-electron chi connectivity index (χ4n) is 8.82. The van der Waals surface area contributed by atoms with Gasteiger partial charge in [0, 0.05) is 68.2 Å². The van der Waals surface area contributed by atoms with Crippen molar-refractivity contribution in [2.24, 2.45) is 16.7 Å². The van der Waals surface area contributed by atoms with Gasteiger partial charge in [0.25, 0.3) is 0 Å². The fraction of sp³-hybridized carbons (Fsp3) is 0.723. The van der Waals surface area contributed by atoms with E-state index in [1.54, 1.807) is 0 Å². The van der Waals surface area contributed by atoms with E-state index in [4.69, 9.17) is 14.5 Å². The molecule has 6 rings (SSSR count). The van der Waals surface area contributed by atoms with Gasteiger partial charge in [-0.25, -0.2) is 9.97 Å². The Morgan fingerprint density at radius 3 is 1.54 bits per heavy atom. The van der Waals surface area contributed by atoms with Crippen molar-refractivity contribution in [1.82, 2.24) is 19.8 Å². The van der Waals surface area contributed by atoms with Gasteiger partial charge < -0.3 is 20.1 Å². The molecule has 2 aromatic heterocycles. The van der Waals surface area contributed by atoms with Crippen molar-refractivity contribution in [3.63, 3.8) is 0 Å². The molecule has 0 aromatic carbocycles. The van der Waals surface area contributed by atoms with E-state index in [2.05, 4.69) is 98.8 Å². The second-order valence-electron chi connectivity index (χ2n) is 16.7. The number of carbonyl (C=O) groups is 1. The van der Waals surface area contributed by atoms with Crippen molar-refractivity contribution >= 4 is 17.5 Å². The molecule has 2 aromatic rings. The predicted molar refractivity (Wildman–Crippen MR) is 235 cm³/mol. The molecule has 56 heavy (non-hydrogen) atoms. The monoisotopic (exact) mass is 777 g/mol. The number of anilines is 2. The van der Waals surface area contributed by atoms with Crippen LogP contribution in [0, 0.1) is 16.7 Å². The van der Waals surface area contributed by atoms with Crippen LogP contribution in [0.4, 0.5) is 11.6 Å². The van der Waals surface area contributed by atoms with E-state index in [0.29, 0.717) is 17.7 Å². The highest BCUT2D eigenvalue weighted by Crippen LogP contribution is 2.52. The van der Waals surface area contributed by atoms with Gasteiger partial charge in [0.15, 0.2) is 0 Å². The molecule has 0 atom stereocenters. The Labute approximate surface area is 342 Å². The van der Waals surface area contributed by atoms with E-state index < -0.39 is 0 Å². The summed E-state index contributed by atoms with van der Waals surface area (Å²) in [7, 11) is 0. The van der Waals surface area contributed by atoms with Gasteiger partial charge in [-0.15, -0.1) is 0 Å². The first kappa shape index (κ1) is 47.5. The Morgan fingerprint density at radius 1 is 0.750 bits per heavy atom. The maximum absolute atomic E-state index is 12.9. The molecule has 1 amide bonds. The Hall–Kier alpha value is -2.85. The fourth-order valence-corrected chi connectivity index (χ4v) is 8.82. The average Bonchev–Trinajstić information content (AvgIpc) is 3.70. The molecule has 9 heteroatoms. The van der Waals surface area contributed by atoms with Crippen LogP contribution in [-0.4, -0.2) is 78.3 Å². The minimum atomic E-state index is -0.192. The summed E-state index contributed by atoms with van der Waals surface area (Å²) in [6.07, 6.45) is 12.8. The number of allylic oxidation sites excluding steroid dienone is 1. The van der Waals surface area contributed by atoms with Gasteiger partial charge in [-0.05, 0) is 90.7 Å². The minimum Gasteiger partial charge on any atom is -0.379 e. The minimum absolute atomic E-state index is 0.152. The van der Waals surface area contributed by atoms with Crippen LogP contribution >= 0.6 is 0 Å². The summed E-state index contributed by atoms with van der Waals surface area (Å²) in [4.78, 5) is 27.1. The van der Waals surface area contributed by atoms with Gasteiger partial charge >= 0.3 is 0 Å². The molecule has 2 saturated heterocycles. The standard InChI is InChI=1S/C22H35N3O.C21H33N3O2.2C2H6/c1-6-22(12-17(4)13-22)18(5)24-21-11-19(20(14-23-21)16(2)3)15-25-7-9-26-10-8-25;1-4-21(7-5-6-8-21)20(25)23-19-13-17(18(14-22-19)16(2)3)15-24-9-11-26-12-10-24;2*1-2/h11,14,16-17H,5-10,12-13,15H2,1-4H3,(H,23,24);13-14,16H,4-12,15H2,1-3H3,(H,22,23,25);2*1-2H3. The van der Waals surface area contributed by atoms with E-state index >= 15 is 0 Å². The van der Waals surface area contributed by atoms with Crippen LogP contribution in [0.15, 0.2) is 36.8 Å². The van der Waals surface area contributed by atoms with E-state index in [-0.39, 0.29) is 16.7 Å². The summed E-state index contributed by atoms with van der Waals surface area (Å²) in [6, 6.07) is 4.32. The molecule has 4 aliphatic rings. The van der Waals surface area contributed by atoms with Gasteiger partial charge in [-0.1, -0.05) is 95.6 Å². The van der Waals surface area contributed by atoms with Crippen LogP contribution in [0.3, 0.4) is 0 Å². The number of nitrogens with zero attached hydrogens (tertiary/aromatic N) is 4. The van der Waals surface area contributed by atoms with Gasteiger partial charge in [0.1, 0.15) is 11.6 Å². The van der Waals surface area contributed by atoms with Crippen molar-refractivity contribution < 1.29 is 14.3 Å². The quantitative estimate of drug-likeness (QED) is 0.208. The van der Waals surface area contributed by atoms with Crippen LogP contribution in [0.1, 0.15) is 162 Å². The second-order valence-corrected chi connectivity index (χ2v) is 16.7. The molecular formula is C47H80N6O3. The third-order valence-electron chi connectivity index (χ3n) is 12.3. The molecule has 2 aliphatic heterocycles. The zero-order chi connectivity index (χ0) is 41.3. The normalized spacial score (nSPS) is 22.1. The van der Waals surface area contributed by atoms with Crippen LogP contribution < -0.4 is 10.6 Å². The number of pyridine rings is 2. The highest BCUT2D eigenvalue weighted by atomic mass is 16.5. The van der Waals surface area contributed by atoms with Crippen molar-refractivity contribution in [3.05, 3.63) is 59.1 Å². The SMILES string of the molecule is C=C(Nc1cc(CN2CCOCC2)c(C(C)C)cn1)C1(CC)CC(C)C1.CC.CC.CCC1(C(=O)Nc2cc(CN3CCOCC3)c(C(C)C)cn2)CCCC1. The third-order valence-corrected chi connectivity index (χ3v) is 12.3. The first-order valence-electron chi connectivity index (χ1n) is 22.3. The molecule has 0 spiro atoms. The van der Waals surface area contributed by atoms with Gasteiger partial charge in [-0.2, -0.15) is 0 Å². The van der Waals surface area contributed by atoms with E-state index in [0.717, 1.165) is 122 Å². The lowest BCUT2D eigenvalue weighted by Crippen LogP contribution is -2.39. The highest BCUT2D eigenvalue weighted by molar-refractivity contribution is 5.94. The van der Waals surface area contributed by atoms with E-state index in [1.165, 1.54) is 35.1 Å². The molecular weight excluding hydrogens is 697 g/mol. The zero-order valence-corrected chi connectivity index (χ0v) is 37.5. The highest BCUT2D eigenvalue weighted by Gasteiger charge is 2.43. The number of hydrogen-bond donors (Lipinski definition) is 2. The van der Waals surface area contributed by atoms with Crippen LogP contribution in [0.2, 0.25) is 0 Å². The Balaban J connectivity index is 0.000000276. The number of rotatable bonds is 13.